The average Bonchev–Trinajstić information content (AvgIpc) is 2.86. The van der Waals surface area contributed by atoms with Crippen LogP contribution in [0.1, 0.15) is 29.8 Å². The SMILES string of the molecule is Cc1ccc(C(=O)Nc2nnc(SC(C)C)s2)cc1NS(C)(=O)=O. The maximum absolute atomic E-state index is 12.3. The Morgan fingerprint density at radius 3 is 2.62 bits per heavy atom. The third kappa shape index (κ3) is 5.46. The Balaban J connectivity index is 2.15. The molecule has 0 unspecified atom stereocenters. The highest BCUT2D eigenvalue weighted by Crippen LogP contribution is 2.28. The second kappa shape index (κ2) is 7.49. The van der Waals surface area contributed by atoms with Crippen molar-refractivity contribution in [1.82, 2.24) is 10.2 Å². The van der Waals surface area contributed by atoms with Gasteiger partial charge in [0, 0.05) is 10.8 Å². The molecule has 1 amide bonds. The highest BCUT2D eigenvalue weighted by molar-refractivity contribution is 8.01. The van der Waals surface area contributed by atoms with Crippen LogP contribution in [0.2, 0.25) is 0 Å². The molecule has 0 saturated heterocycles. The fourth-order valence-corrected chi connectivity index (χ4v) is 4.34. The van der Waals surface area contributed by atoms with E-state index in [1.807, 2.05) is 13.8 Å². The molecule has 2 N–H and O–H groups in total. The quantitative estimate of drug-likeness (QED) is 0.585. The van der Waals surface area contributed by atoms with Crippen molar-refractivity contribution in [3.63, 3.8) is 0 Å². The van der Waals surface area contributed by atoms with Crippen molar-refractivity contribution >= 4 is 49.8 Å². The van der Waals surface area contributed by atoms with Crippen LogP contribution < -0.4 is 10.0 Å². The van der Waals surface area contributed by atoms with E-state index in [0.717, 1.165) is 16.2 Å². The Hall–Kier alpha value is -1.65. The van der Waals surface area contributed by atoms with Gasteiger partial charge in [0.15, 0.2) is 4.34 Å². The van der Waals surface area contributed by atoms with Gasteiger partial charge in [0.25, 0.3) is 5.91 Å². The number of carbonyl (C=O) groups is 1. The predicted molar refractivity (Wildman–Crippen MR) is 98.5 cm³/mol. The molecule has 0 spiro atoms. The summed E-state index contributed by atoms with van der Waals surface area (Å²) in [5, 5.41) is 11.4. The summed E-state index contributed by atoms with van der Waals surface area (Å²) in [7, 11) is -3.41. The van der Waals surface area contributed by atoms with Crippen LogP contribution in [0.15, 0.2) is 22.5 Å². The Morgan fingerprint density at radius 2 is 2.00 bits per heavy atom. The van der Waals surface area contributed by atoms with Gasteiger partial charge >= 0.3 is 0 Å². The fourth-order valence-electron chi connectivity index (χ4n) is 1.75. The molecule has 0 aliphatic heterocycles. The number of nitrogens with one attached hydrogen (secondary N) is 2. The number of rotatable bonds is 6. The van der Waals surface area contributed by atoms with E-state index in [1.54, 1.807) is 30.8 Å². The molecule has 0 aliphatic rings. The first kappa shape index (κ1) is 18.7. The van der Waals surface area contributed by atoms with Crippen LogP contribution in [0.25, 0.3) is 0 Å². The number of carbonyl (C=O) groups excluding carboxylic acids is 1. The smallest absolute Gasteiger partial charge is 0.257 e. The topological polar surface area (TPSA) is 101 Å². The minimum absolute atomic E-state index is 0.333. The Bertz CT molecular complexity index is 847. The number of benzene rings is 1. The third-order valence-electron chi connectivity index (χ3n) is 2.76. The van der Waals surface area contributed by atoms with Gasteiger partial charge in [0.1, 0.15) is 0 Å². The fraction of sp³-hybridized carbons (Fsp3) is 0.357. The van der Waals surface area contributed by atoms with Crippen molar-refractivity contribution in [2.24, 2.45) is 0 Å². The lowest BCUT2D eigenvalue weighted by Gasteiger charge is -2.09. The second-order valence-electron chi connectivity index (χ2n) is 5.40. The molecule has 0 aliphatic carbocycles. The molecule has 24 heavy (non-hydrogen) atoms. The number of thioether (sulfide) groups is 1. The minimum atomic E-state index is -3.41. The monoisotopic (exact) mass is 386 g/mol. The highest BCUT2D eigenvalue weighted by atomic mass is 32.2. The number of aryl methyl sites for hydroxylation is 1. The number of hydrogen-bond donors (Lipinski definition) is 2. The van der Waals surface area contributed by atoms with E-state index in [-0.39, 0.29) is 5.91 Å². The largest absolute Gasteiger partial charge is 0.296 e. The lowest BCUT2D eigenvalue weighted by Crippen LogP contribution is -2.14. The average molecular weight is 387 g/mol. The normalized spacial score (nSPS) is 11.5. The summed E-state index contributed by atoms with van der Waals surface area (Å²) in [6.45, 7) is 5.86. The summed E-state index contributed by atoms with van der Waals surface area (Å²) in [5.41, 5.74) is 1.43. The van der Waals surface area contributed by atoms with Crippen LogP contribution in [-0.2, 0) is 10.0 Å². The molecule has 1 aromatic heterocycles. The van der Waals surface area contributed by atoms with Crippen molar-refractivity contribution in [1.29, 1.82) is 0 Å². The van der Waals surface area contributed by atoms with Gasteiger partial charge in [0.2, 0.25) is 15.2 Å². The van der Waals surface area contributed by atoms with E-state index in [2.05, 4.69) is 20.2 Å². The molecule has 0 atom stereocenters. The molecule has 2 rings (SSSR count). The van der Waals surface area contributed by atoms with Crippen LogP contribution in [0, 0.1) is 6.92 Å². The zero-order valence-electron chi connectivity index (χ0n) is 13.7. The first-order valence-electron chi connectivity index (χ1n) is 7.04. The van der Waals surface area contributed by atoms with E-state index < -0.39 is 10.0 Å². The molecule has 2 aromatic rings. The summed E-state index contributed by atoms with van der Waals surface area (Å²) in [6.07, 6.45) is 1.06. The molecule has 7 nitrogen and oxygen atoms in total. The van der Waals surface area contributed by atoms with Gasteiger partial charge < -0.3 is 0 Å². The molecule has 1 heterocycles. The molecule has 130 valence electrons. The second-order valence-corrected chi connectivity index (χ2v) is 9.95. The van der Waals surface area contributed by atoms with E-state index in [4.69, 9.17) is 0 Å². The number of hydrogen-bond acceptors (Lipinski definition) is 7. The minimum Gasteiger partial charge on any atom is -0.296 e. The van der Waals surface area contributed by atoms with E-state index >= 15 is 0 Å². The van der Waals surface area contributed by atoms with Gasteiger partial charge in [-0.2, -0.15) is 0 Å². The number of anilines is 2. The van der Waals surface area contributed by atoms with Crippen LogP contribution in [0.4, 0.5) is 10.8 Å². The van der Waals surface area contributed by atoms with Crippen LogP contribution >= 0.6 is 23.1 Å². The highest BCUT2D eigenvalue weighted by Gasteiger charge is 2.14. The molecule has 0 saturated carbocycles. The number of nitrogens with zero attached hydrogens (tertiary/aromatic N) is 2. The van der Waals surface area contributed by atoms with Crippen molar-refractivity contribution in [2.75, 3.05) is 16.3 Å². The van der Waals surface area contributed by atoms with Gasteiger partial charge in [-0.1, -0.05) is 43.0 Å². The Morgan fingerprint density at radius 1 is 1.29 bits per heavy atom. The first-order chi connectivity index (χ1) is 11.1. The zero-order chi connectivity index (χ0) is 17.9. The van der Waals surface area contributed by atoms with Crippen LogP contribution in [0.5, 0.6) is 0 Å². The van der Waals surface area contributed by atoms with Gasteiger partial charge in [-0.3, -0.25) is 14.8 Å². The summed E-state index contributed by atoms with van der Waals surface area (Å²) >= 11 is 2.87. The third-order valence-corrected chi connectivity index (χ3v) is 5.28. The van der Waals surface area contributed by atoms with Crippen molar-refractivity contribution in [3.05, 3.63) is 29.3 Å². The summed E-state index contributed by atoms with van der Waals surface area (Å²) in [4.78, 5) is 12.3. The maximum Gasteiger partial charge on any atom is 0.257 e. The van der Waals surface area contributed by atoms with Crippen LogP contribution in [0.3, 0.4) is 0 Å². The molecule has 10 heteroatoms. The standard InChI is InChI=1S/C14H18N4O3S3/c1-8(2)22-14-17-16-13(23-14)15-12(19)10-6-5-9(3)11(7-10)18-24(4,20)21/h5-8,18H,1-4H3,(H,15,16,19). The molecular formula is C14H18N4O3S3. The number of sulfonamides is 1. The predicted octanol–water partition coefficient (Wildman–Crippen LogP) is 2.97. The van der Waals surface area contributed by atoms with Crippen molar-refractivity contribution < 1.29 is 13.2 Å². The van der Waals surface area contributed by atoms with E-state index in [0.29, 0.717) is 21.6 Å². The van der Waals surface area contributed by atoms with Gasteiger partial charge in [0.05, 0.1) is 11.9 Å². The maximum atomic E-state index is 12.3. The van der Waals surface area contributed by atoms with E-state index in [1.165, 1.54) is 17.4 Å². The van der Waals surface area contributed by atoms with Crippen molar-refractivity contribution in [3.8, 4) is 0 Å². The first-order valence-corrected chi connectivity index (χ1v) is 10.6. The molecular weight excluding hydrogens is 368 g/mol. The Kier molecular flexibility index (Phi) is 5.83. The molecule has 1 aromatic carbocycles. The Labute approximate surface area is 149 Å². The van der Waals surface area contributed by atoms with Gasteiger partial charge in [-0.05, 0) is 24.6 Å². The zero-order valence-corrected chi connectivity index (χ0v) is 16.1. The van der Waals surface area contributed by atoms with E-state index in [9.17, 15) is 13.2 Å². The lowest BCUT2D eigenvalue weighted by atomic mass is 10.1. The molecule has 0 fully saturated rings. The summed E-state index contributed by atoms with van der Waals surface area (Å²) in [6, 6.07) is 4.81. The number of amides is 1. The lowest BCUT2D eigenvalue weighted by molar-refractivity contribution is 0.102. The summed E-state index contributed by atoms with van der Waals surface area (Å²) < 4.78 is 25.9. The number of aromatic nitrogens is 2. The van der Waals surface area contributed by atoms with Crippen LogP contribution in [-0.4, -0.2) is 36.0 Å². The molecule has 0 bridgehead atoms. The van der Waals surface area contributed by atoms with Gasteiger partial charge in [-0.15, -0.1) is 10.2 Å². The van der Waals surface area contributed by atoms with Crippen molar-refractivity contribution in [2.45, 2.75) is 30.4 Å². The molecule has 0 radical (unpaired) electrons. The summed E-state index contributed by atoms with van der Waals surface area (Å²) in [5.74, 6) is -0.371. The van der Waals surface area contributed by atoms with Gasteiger partial charge in [-0.25, -0.2) is 8.42 Å².